The van der Waals surface area contributed by atoms with Crippen LogP contribution in [-0.2, 0) is 15.0 Å². The second-order valence-corrected chi connectivity index (χ2v) is 11.7. The molecule has 0 aromatic heterocycles. The molecule has 5 heteroatoms. The van der Waals surface area contributed by atoms with Gasteiger partial charge in [-0.15, -0.1) is 0 Å². The Balaban J connectivity index is 1.41. The number of hydrogen-bond acceptors (Lipinski definition) is 3. The quantitative estimate of drug-likeness (QED) is 0.163. The van der Waals surface area contributed by atoms with E-state index in [1.807, 2.05) is 85.1 Å². The highest BCUT2D eigenvalue weighted by atomic mass is 79.9. The summed E-state index contributed by atoms with van der Waals surface area (Å²) in [5.74, 6) is -1.72. The van der Waals surface area contributed by atoms with E-state index in [0.717, 1.165) is 43.2 Å². The standard InChI is InChI=1S/C35H23BrN2O2/c36-24-9-6-10-25(19-24)37-20-35-23-17-15-22(16-18-23)30(27-12-3-4-13-28(27)35)31-32(35)34(40)38(33(31)39)29-14-5-8-21-7-1-2-11-26(21)29/h1-20,30-32H/t30-,31+,32-,35-/m0/s1. The van der Waals surface area contributed by atoms with E-state index in [9.17, 15) is 9.59 Å². The summed E-state index contributed by atoms with van der Waals surface area (Å²) in [5, 5.41) is 1.89. The van der Waals surface area contributed by atoms with Crippen LogP contribution in [0, 0.1) is 11.8 Å². The van der Waals surface area contributed by atoms with Crippen molar-refractivity contribution in [2.24, 2.45) is 16.8 Å². The average molecular weight is 583 g/mol. The number of amides is 2. The van der Waals surface area contributed by atoms with Crippen molar-refractivity contribution in [2.75, 3.05) is 4.90 Å². The van der Waals surface area contributed by atoms with Gasteiger partial charge in [-0.2, -0.15) is 0 Å². The van der Waals surface area contributed by atoms with Crippen LogP contribution in [0.3, 0.4) is 0 Å². The molecular formula is C35H23BrN2O2. The minimum atomic E-state index is -0.912. The number of hydrogen-bond donors (Lipinski definition) is 0. The molecule has 6 aliphatic rings. The van der Waals surface area contributed by atoms with Gasteiger partial charge in [0.05, 0.1) is 28.6 Å². The maximum Gasteiger partial charge on any atom is 0.239 e. The maximum atomic E-state index is 14.8. The Labute approximate surface area is 240 Å². The third-order valence-electron chi connectivity index (χ3n) is 8.92. The Morgan fingerprint density at radius 3 is 2.38 bits per heavy atom. The second-order valence-electron chi connectivity index (χ2n) is 10.8. The third kappa shape index (κ3) is 3.10. The molecule has 5 aromatic carbocycles. The van der Waals surface area contributed by atoms with E-state index < -0.39 is 17.3 Å². The molecule has 1 fully saturated rings. The van der Waals surface area contributed by atoms with Gasteiger partial charge < -0.3 is 0 Å². The van der Waals surface area contributed by atoms with E-state index in [-0.39, 0.29) is 17.7 Å². The molecule has 5 aromatic rings. The normalized spacial score (nSPS) is 24.4. The lowest BCUT2D eigenvalue weighted by Crippen LogP contribution is -2.51. The largest absolute Gasteiger partial charge is 0.274 e. The predicted molar refractivity (Wildman–Crippen MR) is 161 cm³/mol. The zero-order valence-electron chi connectivity index (χ0n) is 21.4. The van der Waals surface area contributed by atoms with Gasteiger partial charge in [0.15, 0.2) is 0 Å². The number of carbonyl (C=O) groups excluding carboxylic acids is 2. The van der Waals surface area contributed by atoms with Gasteiger partial charge in [-0.25, -0.2) is 4.90 Å². The SMILES string of the molecule is O=C1[C@@H]2[C@H]3c4ccc(cc4)[C@@](C=Nc4cccc(Br)c4)(c4ccccc43)[C@@H]2C(=O)N1c1cccc2ccccc12. The summed E-state index contributed by atoms with van der Waals surface area (Å²) >= 11 is 3.55. The van der Waals surface area contributed by atoms with Gasteiger partial charge >= 0.3 is 0 Å². The lowest BCUT2D eigenvalue weighted by molar-refractivity contribution is -0.122. The van der Waals surface area contributed by atoms with Crippen molar-refractivity contribution < 1.29 is 9.59 Å². The highest BCUT2D eigenvalue weighted by Gasteiger charge is 2.65. The number of benzene rings is 5. The highest BCUT2D eigenvalue weighted by molar-refractivity contribution is 9.10. The Hall–Kier alpha value is -4.35. The number of halogens is 1. The molecule has 5 aliphatic carbocycles. The summed E-state index contributed by atoms with van der Waals surface area (Å²) in [6.07, 6.45) is 1.93. The Morgan fingerprint density at radius 1 is 0.775 bits per heavy atom. The van der Waals surface area contributed by atoms with Crippen LogP contribution in [0.5, 0.6) is 0 Å². The van der Waals surface area contributed by atoms with Gasteiger partial charge in [0.2, 0.25) is 11.8 Å². The first kappa shape index (κ1) is 23.5. The van der Waals surface area contributed by atoms with E-state index in [2.05, 4.69) is 52.3 Å². The number of nitrogens with zero attached hydrogens (tertiary/aromatic N) is 2. The van der Waals surface area contributed by atoms with E-state index in [0.29, 0.717) is 5.69 Å². The van der Waals surface area contributed by atoms with Crippen LogP contribution in [0.1, 0.15) is 28.2 Å². The number of fused-ring (bicyclic) bond motifs is 1. The van der Waals surface area contributed by atoms with Gasteiger partial charge in [0.25, 0.3) is 0 Å². The molecule has 0 radical (unpaired) electrons. The van der Waals surface area contributed by atoms with Crippen LogP contribution in [0.15, 0.2) is 125 Å². The number of aliphatic imine (C=N–C) groups is 1. The molecule has 192 valence electrons. The van der Waals surface area contributed by atoms with Crippen LogP contribution >= 0.6 is 15.9 Å². The molecule has 2 amide bonds. The Bertz CT molecular complexity index is 1890. The molecule has 1 aliphatic heterocycles. The van der Waals surface area contributed by atoms with Crippen LogP contribution in [0.4, 0.5) is 11.4 Å². The summed E-state index contributed by atoms with van der Waals surface area (Å²) in [6.45, 7) is 0. The van der Waals surface area contributed by atoms with Gasteiger partial charge in [0.1, 0.15) is 0 Å². The highest BCUT2D eigenvalue weighted by Crippen LogP contribution is 2.60. The first-order valence-corrected chi connectivity index (χ1v) is 14.2. The number of carbonyl (C=O) groups is 2. The molecule has 1 heterocycles. The zero-order chi connectivity index (χ0) is 27.0. The zero-order valence-corrected chi connectivity index (χ0v) is 23.0. The van der Waals surface area contributed by atoms with Crippen molar-refractivity contribution in [1.82, 2.24) is 0 Å². The minimum absolute atomic E-state index is 0.145. The van der Waals surface area contributed by atoms with Crippen molar-refractivity contribution >= 4 is 56.1 Å². The van der Waals surface area contributed by atoms with E-state index in [4.69, 9.17) is 4.99 Å². The lowest BCUT2D eigenvalue weighted by Gasteiger charge is -2.48. The van der Waals surface area contributed by atoms with E-state index >= 15 is 0 Å². The van der Waals surface area contributed by atoms with Gasteiger partial charge in [0, 0.05) is 22.0 Å². The predicted octanol–water partition coefficient (Wildman–Crippen LogP) is 7.56. The first-order chi connectivity index (χ1) is 19.6. The molecule has 0 spiro atoms. The molecule has 4 atom stereocenters. The van der Waals surface area contributed by atoms with Crippen molar-refractivity contribution in [2.45, 2.75) is 11.3 Å². The van der Waals surface area contributed by atoms with Crippen molar-refractivity contribution in [3.63, 3.8) is 0 Å². The van der Waals surface area contributed by atoms with E-state index in [1.165, 1.54) is 4.90 Å². The summed E-state index contributed by atoms with van der Waals surface area (Å²) in [6, 6.07) is 38.3. The van der Waals surface area contributed by atoms with Gasteiger partial charge in [-0.1, -0.05) is 107 Å². The molecule has 0 N–H and O–H groups in total. The fourth-order valence-corrected chi connectivity index (χ4v) is 7.69. The summed E-state index contributed by atoms with van der Waals surface area (Å²) in [5.41, 5.74) is 4.67. The lowest BCUT2D eigenvalue weighted by atomic mass is 9.52. The fourth-order valence-electron chi connectivity index (χ4n) is 7.30. The fraction of sp³-hybridized carbons (Fsp3) is 0.114. The Morgan fingerprint density at radius 2 is 1.52 bits per heavy atom. The van der Waals surface area contributed by atoms with Crippen LogP contribution in [0.2, 0.25) is 0 Å². The van der Waals surface area contributed by atoms with E-state index in [1.54, 1.807) is 0 Å². The Kier molecular flexibility index (Phi) is 5.04. The van der Waals surface area contributed by atoms with Crippen LogP contribution < -0.4 is 4.90 Å². The minimum Gasteiger partial charge on any atom is -0.274 e. The first-order valence-electron chi connectivity index (χ1n) is 13.4. The van der Waals surface area contributed by atoms with Crippen LogP contribution in [0.25, 0.3) is 10.8 Å². The van der Waals surface area contributed by atoms with Crippen molar-refractivity contribution in [3.05, 3.63) is 142 Å². The molecule has 11 rings (SSSR count). The maximum absolute atomic E-state index is 14.8. The van der Waals surface area contributed by atoms with Crippen molar-refractivity contribution in [3.8, 4) is 0 Å². The molecule has 4 nitrogen and oxygen atoms in total. The average Bonchev–Trinajstić information content (AvgIpc) is 3.23. The van der Waals surface area contributed by atoms with Gasteiger partial charge in [-0.05, 0) is 51.9 Å². The van der Waals surface area contributed by atoms with Gasteiger partial charge in [-0.3, -0.25) is 14.6 Å². The van der Waals surface area contributed by atoms with Crippen LogP contribution in [-0.4, -0.2) is 18.0 Å². The molecule has 1 saturated heterocycles. The number of anilines is 1. The molecule has 0 saturated carbocycles. The number of imide groups is 1. The molecule has 0 unspecified atom stereocenters. The molecule has 4 bridgehead atoms. The smallest absolute Gasteiger partial charge is 0.239 e. The number of rotatable bonds is 3. The summed E-state index contributed by atoms with van der Waals surface area (Å²) < 4.78 is 0.929. The third-order valence-corrected chi connectivity index (χ3v) is 9.42. The topological polar surface area (TPSA) is 49.7 Å². The summed E-state index contributed by atoms with van der Waals surface area (Å²) in [7, 11) is 0. The molecular weight excluding hydrogens is 560 g/mol. The summed E-state index contributed by atoms with van der Waals surface area (Å²) in [4.78, 5) is 35.8. The monoisotopic (exact) mass is 582 g/mol. The van der Waals surface area contributed by atoms with Crippen molar-refractivity contribution in [1.29, 1.82) is 0 Å². The second kappa shape index (κ2) is 8.57. The molecule has 40 heavy (non-hydrogen) atoms.